The van der Waals surface area contributed by atoms with E-state index in [1.54, 1.807) is 0 Å². The van der Waals surface area contributed by atoms with E-state index in [0.717, 1.165) is 6.07 Å². The smallest absolute Gasteiger partial charge is 0.339 e. The standard InChI is InChI=1S/C8H7ClF2N2O2/c9-2-3-1-4(8(14)15)7(12)13-5(3)6(10)11/h1,6H,2H2,(H2,12,13)(H,14,15). The lowest BCUT2D eigenvalue weighted by molar-refractivity contribution is 0.0697. The van der Waals surface area contributed by atoms with Gasteiger partial charge in [-0.05, 0) is 11.6 Å². The molecule has 7 heteroatoms. The zero-order valence-corrected chi connectivity index (χ0v) is 8.13. The number of pyridine rings is 1. The van der Waals surface area contributed by atoms with Gasteiger partial charge in [-0.15, -0.1) is 11.6 Å². The van der Waals surface area contributed by atoms with Gasteiger partial charge in [-0.2, -0.15) is 0 Å². The summed E-state index contributed by atoms with van der Waals surface area (Å²) in [4.78, 5) is 13.9. The molecule has 0 unspecified atom stereocenters. The summed E-state index contributed by atoms with van der Waals surface area (Å²) in [5, 5.41) is 8.66. The van der Waals surface area contributed by atoms with Crippen LogP contribution in [0.1, 0.15) is 28.0 Å². The van der Waals surface area contributed by atoms with Crippen LogP contribution in [0.2, 0.25) is 0 Å². The van der Waals surface area contributed by atoms with Crippen LogP contribution >= 0.6 is 11.6 Å². The van der Waals surface area contributed by atoms with E-state index >= 15 is 0 Å². The number of carboxylic acids is 1. The van der Waals surface area contributed by atoms with Crippen LogP contribution < -0.4 is 5.73 Å². The number of hydrogen-bond acceptors (Lipinski definition) is 3. The molecule has 1 heterocycles. The summed E-state index contributed by atoms with van der Waals surface area (Å²) in [7, 11) is 0. The first-order valence-corrected chi connectivity index (χ1v) is 4.37. The summed E-state index contributed by atoms with van der Waals surface area (Å²) in [5.74, 6) is -2.01. The number of nitrogens with zero attached hydrogens (tertiary/aromatic N) is 1. The average Bonchev–Trinajstić information content (AvgIpc) is 2.16. The van der Waals surface area contributed by atoms with Crippen molar-refractivity contribution in [2.75, 3.05) is 5.73 Å². The molecule has 0 atom stereocenters. The zero-order valence-electron chi connectivity index (χ0n) is 7.38. The van der Waals surface area contributed by atoms with Gasteiger partial charge in [-0.25, -0.2) is 18.6 Å². The first-order chi connectivity index (χ1) is 6.97. The molecule has 4 nitrogen and oxygen atoms in total. The molecular weight excluding hydrogens is 230 g/mol. The van der Waals surface area contributed by atoms with E-state index in [1.165, 1.54) is 0 Å². The number of rotatable bonds is 3. The molecule has 1 aromatic rings. The molecule has 82 valence electrons. The highest BCUT2D eigenvalue weighted by atomic mass is 35.5. The lowest BCUT2D eigenvalue weighted by atomic mass is 10.1. The van der Waals surface area contributed by atoms with E-state index in [4.69, 9.17) is 22.4 Å². The van der Waals surface area contributed by atoms with Crippen LogP contribution in [0.4, 0.5) is 14.6 Å². The van der Waals surface area contributed by atoms with Crippen molar-refractivity contribution >= 4 is 23.4 Å². The van der Waals surface area contributed by atoms with Crippen molar-refractivity contribution in [3.05, 3.63) is 22.9 Å². The number of carboxylic acid groups (broad SMARTS) is 1. The molecule has 0 fully saturated rings. The highest BCUT2D eigenvalue weighted by molar-refractivity contribution is 6.17. The topological polar surface area (TPSA) is 76.2 Å². The normalized spacial score (nSPS) is 10.7. The van der Waals surface area contributed by atoms with Crippen LogP contribution in [0.3, 0.4) is 0 Å². The highest BCUT2D eigenvalue weighted by Gasteiger charge is 2.19. The molecule has 1 aromatic heterocycles. The predicted octanol–water partition coefficient (Wildman–Crippen LogP) is 2.04. The van der Waals surface area contributed by atoms with Crippen LogP contribution in [-0.4, -0.2) is 16.1 Å². The Morgan fingerprint density at radius 1 is 1.67 bits per heavy atom. The average molecular weight is 237 g/mol. The third kappa shape index (κ3) is 2.33. The molecule has 0 bridgehead atoms. The quantitative estimate of drug-likeness (QED) is 0.788. The maximum atomic E-state index is 12.4. The van der Waals surface area contributed by atoms with Gasteiger partial charge in [0.25, 0.3) is 6.43 Å². The summed E-state index contributed by atoms with van der Waals surface area (Å²) in [6, 6.07) is 1.01. The van der Waals surface area contributed by atoms with Gasteiger partial charge < -0.3 is 10.8 Å². The molecule has 0 spiro atoms. The fourth-order valence-electron chi connectivity index (χ4n) is 1.05. The molecule has 0 aromatic carbocycles. The summed E-state index contributed by atoms with van der Waals surface area (Å²) in [6.07, 6.45) is -2.83. The highest BCUT2D eigenvalue weighted by Crippen LogP contribution is 2.25. The Hall–Kier alpha value is -1.43. The molecule has 0 radical (unpaired) electrons. The van der Waals surface area contributed by atoms with E-state index in [2.05, 4.69) is 4.98 Å². The second kappa shape index (κ2) is 4.39. The van der Waals surface area contributed by atoms with E-state index < -0.39 is 23.9 Å². The number of hydrogen-bond donors (Lipinski definition) is 2. The fraction of sp³-hybridized carbons (Fsp3) is 0.250. The Morgan fingerprint density at radius 3 is 2.67 bits per heavy atom. The minimum absolute atomic E-state index is 0.0294. The monoisotopic (exact) mass is 236 g/mol. The molecule has 15 heavy (non-hydrogen) atoms. The third-order valence-electron chi connectivity index (χ3n) is 1.75. The second-order valence-electron chi connectivity index (χ2n) is 2.71. The van der Waals surface area contributed by atoms with Gasteiger partial charge in [-0.3, -0.25) is 0 Å². The molecule has 0 amide bonds. The first-order valence-electron chi connectivity index (χ1n) is 3.84. The van der Waals surface area contributed by atoms with Crippen LogP contribution in [0.25, 0.3) is 0 Å². The van der Waals surface area contributed by atoms with Gasteiger partial charge in [0.2, 0.25) is 0 Å². The number of nitrogens with two attached hydrogens (primary N) is 1. The summed E-state index contributed by atoms with van der Waals surface area (Å²) < 4.78 is 24.8. The van der Waals surface area contributed by atoms with Crippen molar-refractivity contribution in [1.29, 1.82) is 0 Å². The van der Waals surface area contributed by atoms with Crippen molar-refractivity contribution < 1.29 is 18.7 Å². The van der Waals surface area contributed by atoms with E-state index in [1.807, 2.05) is 0 Å². The summed E-state index contributed by atoms with van der Waals surface area (Å²) in [6.45, 7) is 0. The predicted molar refractivity (Wildman–Crippen MR) is 50.1 cm³/mol. The van der Waals surface area contributed by atoms with Crippen LogP contribution in [0.5, 0.6) is 0 Å². The molecule has 0 saturated heterocycles. The molecule has 0 saturated carbocycles. The van der Waals surface area contributed by atoms with Gasteiger partial charge in [0.15, 0.2) is 0 Å². The van der Waals surface area contributed by atoms with Gasteiger partial charge >= 0.3 is 5.97 Å². The van der Waals surface area contributed by atoms with E-state index in [9.17, 15) is 13.6 Å². The molecule has 0 aliphatic carbocycles. The van der Waals surface area contributed by atoms with Gasteiger partial charge in [0.1, 0.15) is 17.1 Å². The van der Waals surface area contributed by atoms with Crippen molar-refractivity contribution in [1.82, 2.24) is 4.98 Å². The first kappa shape index (κ1) is 11.6. The SMILES string of the molecule is Nc1nc(C(F)F)c(CCl)cc1C(=O)O. The van der Waals surface area contributed by atoms with Crippen LogP contribution in [0.15, 0.2) is 6.07 Å². The Labute approximate surface area is 88.7 Å². The molecule has 3 N–H and O–H groups in total. The largest absolute Gasteiger partial charge is 0.478 e. The molecule has 0 aliphatic heterocycles. The summed E-state index contributed by atoms with van der Waals surface area (Å²) in [5.41, 5.74) is 4.29. The number of aromatic nitrogens is 1. The number of alkyl halides is 3. The van der Waals surface area contributed by atoms with Crippen LogP contribution in [0, 0.1) is 0 Å². The lowest BCUT2D eigenvalue weighted by Gasteiger charge is -2.08. The van der Waals surface area contributed by atoms with E-state index in [0.29, 0.717) is 0 Å². The minimum Gasteiger partial charge on any atom is -0.478 e. The summed E-state index contributed by atoms with van der Waals surface area (Å²) >= 11 is 5.40. The number of halogens is 3. The van der Waals surface area contributed by atoms with Gasteiger partial charge in [-0.1, -0.05) is 0 Å². The van der Waals surface area contributed by atoms with Crippen molar-refractivity contribution in [3.63, 3.8) is 0 Å². The second-order valence-corrected chi connectivity index (χ2v) is 2.97. The maximum absolute atomic E-state index is 12.4. The van der Waals surface area contributed by atoms with Crippen molar-refractivity contribution in [3.8, 4) is 0 Å². The molecular formula is C8H7ClF2N2O2. The van der Waals surface area contributed by atoms with Crippen molar-refractivity contribution in [2.24, 2.45) is 0 Å². The lowest BCUT2D eigenvalue weighted by Crippen LogP contribution is -2.09. The van der Waals surface area contributed by atoms with Crippen molar-refractivity contribution in [2.45, 2.75) is 12.3 Å². The third-order valence-corrected chi connectivity index (χ3v) is 2.03. The fourth-order valence-corrected chi connectivity index (χ4v) is 1.27. The number of nitrogen functional groups attached to an aromatic ring is 1. The number of carbonyl (C=O) groups is 1. The Kier molecular flexibility index (Phi) is 3.41. The number of anilines is 1. The van der Waals surface area contributed by atoms with Crippen LogP contribution in [-0.2, 0) is 5.88 Å². The molecule has 1 rings (SSSR count). The minimum atomic E-state index is -2.83. The van der Waals surface area contributed by atoms with Gasteiger partial charge in [0, 0.05) is 5.88 Å². The van der Waals surface area contributed by atoms with Gasteiger partial charge in [0.05, 0.1) is 0 Å². The molecule has 0 aliphatic rings. The maximum Gasteiger partial charge on any atom is 0.339 e. The van der Waals surface area contributed by atoms with E-state index in [-0.39, 0.29) is 17.0 Å². The number of aromatic carboxylic acids is 1. The Morgan fingerprint density at radius 2 is 2.27 bits per heavy atom. The Bertz CT molecular complexity index is 398. The Balaban J connectivity index is 3.35. The zero-order chi connectivity index (χ0) is 11.6.